The normalized spacial score (nSPS) is 17.6. The van der Waals surface area contributed by atoms with Crippen molar-refractivity contribution in [2.24, 2.45) is 0 Å². The number of aromatic amines is 1. The second kappa shape index (κ2) is 4.73. The van der Waals surface area contributed by atoms with Crippen LogP contribution in [-0.2, 0) is 14.8 Å². The molecule has 1 aromatic heterocycles. The number of hydrogen-bond donors (Lipinski definition) is 2. The van der Waals surface area contributed by atoms with Crippen LogP contribution in [0, 0.1) is 11.3 Å². The smallest absolute Gasteiger partial charge is 0.236 e. The molecule has 1 aliphatic rings. The largest absolute Gasteiger partial charge is 0.381 e. The van der Waals surface area contributed by atoms with Crippen molar-refractivity contribution in [2.75, 3.05) is 17.9 Å². The van der Waals surface area contributed by atoms with E-state index in [-0.39, 0.29) is 11.4 Å². The van der Waals surface area contributed by atoms with Crippen LogP contribution in [0.25, 0.3) is 0 Å². The number of nitrogens with zero attached hydrogens (tertiary/aromatic N) is 2. The Bertz CT molecular complexity index is 525. The number of nitrogens with one attached hydrogen (secondary N) is 2. The van der Waals surface area contributed by atoms with Gasteiger partial charge in [0.1, 0.15) is 11.6 Å². The summed E-state index contributed by atoms with van der Waals surface area (Å²) >= 11 is 0. The molecule has 2 N–H and O–H groups in total. The molecular weight excluding hydrogens is 244 g/mol. The van der Waals surface area contributed by atoms with Gasteiger partial charge >= 0.3 is 0 Å². The second-order valence-corrected chi connectivity index (χ2v) is 5.69. The standard InChI is InChI=1S/C9H12N4O3S/c10-5-7-6-11-12-9(7)13-17(14,15)8-1-3-16-4-2-8/h6,8H,1-4H2,(H2,11,12,13). The Balaban J connectivity index is 2.14. The van der Waals surface area contributed by atoms with E-state index in [0.717, 1.165) is 0 Å². The second-order valence-electron chi connectivity index (χ2n) is 3.73. The van der Waals surface area contributed by atoms with Gasteiger partial charge in [0.15, 0.2) is 5.82 Å². The van der Waals surface area contributed by atoms with Crippen molar-refractivity contribution in [1.29, 1.82) is 5.26 Å². The van der Waals surface area contributed by atoms with Gasteiger partial charge in [0.05, 0.1) is 11.4 Å². The monoisotopic (exact) mass is 256 g/mol. The highest BCUT2D eigenvalue weighted by atomic mass is 32.2. The number of hydrogen-bond acceptors (Lipinski definition) is 5. The fourth-order valence-electron chi connectivity index (χ4n) is 1.66. The van der Waals surface area contributed by atoms with E-state index >= 15 is 0 Å². The maximum atomic E-state index is 12.0. The molecule has 0 aliphatic carbocycles. The van der Waals surface area contributed by atoms with Gasteiger partial charge in [-0.1, -0.05) is 0 Å². The lowest BCUT2D eigenvalue weighted by Crippen LogP contribution is -2.33. The molecular formula is C9H12N4O3S. The summed E-state index contributed by atoms with van der Waals surface area (Å²) in [6.45, 7) is 0.888. The maximum Gasteiger partial charge on any atom is 0.236 e. The molecule has 2 rings (SSSR count). The molecule has 0 radical (unpaired) electrons. The van der Waals surface area contributed by atoms with Crippen LogP contribution in [0.1, 0.15) is 18.4 Å². The average Bonchev–Trinajstić information content (AvgIpc) is 2.77. The highest BCUT2D eigenvalue weighted by Crippen LogP contribution is 2.19. The average molecular weight is 256 g/mol. The minimum atomic E-state index is -3.49. The number of sulfonamides is 1. The third kappa shape index (κ3) is 2.57. The van der Waals surface area contributed by atoms with E-state index in [1.54, 1.807) is 0 Å². The molecule has 8 heteroatoms. The Morgan fingerprint density at radius 3 is 2.88 bits per heavy atom. The van der Waals surface area contributed by atoms with Gasteiger partial charge in [0.25, 0.3) is 0 Å². The molecule has 0 unspecified atom stereocenters. The van der Waals surface area contributed by atoms with Gasteiger partial charge in [-0.15, -0.1) is 0 Å². The predicted octanol–water partition coefficient (Wildman–Crippen LogP) is 0.202. The van der Waals surface area contributed by atoms with Crippen molar-refractivity contribution in [2.45, 2.75) is 18.1 Å². The first-order valence-corrected chi connectivity index (χ1v) is 6.71. The van der Waals surface area contributed by atoms with Gasteiger partial charge in [0.2, 0.25) is 10.0 Å². The summed E-state index contributed by atoms with van der Waals surface area (Å²) in [6, 6.07) is 1.86. The quantitative estimate of drug-likeness (QED) is 0.803. The molecule has 1 fully saturated rings. The summed E-state index contributed by atoms with van der Waals surface area (Å²) in [5, 5.41) is 14.4. The molecule has 2 heterocycles. The lowest BCUT2D eigenvalue weighted by Gasteiger charge is -2.22. The van der Waals surface area contributed by atoms with Crippen molar-refractivity contribution in [1.82, 2.24) is 10.2 Å². The van der Waals surface area contributed by atoms with Crippen molar-refractivity contribution in [3.05, 3.63) is 11.8 Å². The molecule has 7 nitrogen and oxygen atoms in total. The molecule has 0 amide bonds. The van der Waals surface area contributed by atoms with Gasteiger partial charge in [0, 0.05) is 13.2 Å². The number of nitriles is 1. The molecule has 0 spiro atoms. The Hall–Kier alpha value is -1.59. The number of ether oxygens (including phenoxy) is 1. The summed E-state index contributed by atoms with van der Waals surface area (Å²) < 4.78 is 31.5. The van der Waals surface area contributed by atoms with Crippen LogP contribution in [0.2, 0.25) is 0 Å². The summed E-state index contributed by atoms with van der Waals surface area (Å²) in [5.74, 6) is 0.124. The van der Waals surface area contributed by atoms with Gasteiger partial charge in [-0.2, -0.15) is 10.4 Å². The molecule has 1 aromatic rings. The fourth-order valence-corrected chi connectivity index (χ4v) is 3.08. The number of rotatable bonds is 3. The zero-order valence-corrected chi connectivity index (χ0v) is 9.83. The fraction of sp³-hybridized carbons (Fsp3) is 0.556. The van der Waals surface area contributed by atoms with Gasteiger partial charge in [-0.25, -0.2) is 8.42 Å². The zero-order valence-electron chi connectivity index (χ0n) is 9.01. The first-order valence-electron chi connectivity index (χ1n) is 5.16. The van der Waals surface area contributed by atoms with Crippen LogP contribution >= 0.6 is 0 Å². The van der Waals surface area contributed by atoms with E-state index < -0.39 is 15.3 Å². The Morgan fingerprint density at radius 1 is 1.53 bits per heavy atom. The summed E-state index contributed by atoms with van der Waals surface area (Å²) in [6.07, 6.45) is 2.21. The van der Waals surface area contributed by atoms with Crippen molar-refractivity contribution in [3.8, 4) is 6.07 Å². The van der Waals surface area contributed by atoms with Crippen LogP contribution in [0.5, 0.6) is 0 Å². The van der Waals surface area contributed by atoms with E-state index in [1.165, 1.54) is 6.20 Å². The van der Waals surface area contributed by atoms with Crippen molar-refractivity contribution >= 4 is 15.8 Å². The van der Waals surface area contributed by atoms with E-state index in [4.69, 9.17) is 10.00 Å². The molecule has 0 aromatic carbocycles. The van der Waals surface area contributed by atoms with Crippen molar-refractivity contribution in [3.63, 3.8) is 0 Å². The third-order valence-corrected chi connectivity index (χ3v) is 4.45. The first-order chi connectivity index (χ1) is 8.13. The summed E-state index contributed by atoms with van der Waals surface area (Å²) in [4.78, 5) is 0. The van der Waals surface area contributed by atoms with Gasteiger partial charge in [-0.3, -0.25) is 9.82 Å². The van der Waals surface area contributed by atoms with E-state index in [1.807, 2.05) is 6.07 Å². The Labute approximate surface area is 98.8 Å². The van der Waals surface area contributed by atoms with Gasteiger partial charge < -0.3 is 4.74 Å². The van der Waals surface area contributed by atoms with Gasteiger partial charge in [-0.05, 0) is 12.8 Å². The topological polar surface area (TPSA) is 108 Å². The molecule has 0 atom stereocenters. The first kappa shape index (κ1) is 11.9. The number of aromatic nitrogens is 2. The number of H-pyrrole nitrogens is 1. The number of anilines is 1. The van der Waals surface area contributed by atoms with Crippen LogP contribution in [0.4, 0.5) is 5.82 Å². The van der Waals surface area contributed by atoms with E-state index in [9.17, 15) is 8.42 Å². The third-order valence-electron chi connectivity index (χ3n) is 2.61. The molecule has 1 saturated heterocycles. The van der Waals surface area contributed by atoms with Crippen molar-refractivity contribution < 1.29 is 13.2 Å². The minimum Gasteiger partial charge on any atom is -0.381 e. The highest BCUT2D eigenvalue weighted by molar-refractivity contribution is 7.93. The van der Waals surface area contributed by atoms with E-state index in [0.29, 0.717) is 26.1 Å². The highest BCUT2D eigenvalue weighted by Gasteiger charge is 2.28. The van der Waals surface area contributed by atoms with Crippen LogP contribution in [-0.4, -0.2) is 37.1 Å². The minimum absolute atomic E-state index is 0.124. The Morgan fingerprint density at radius 2 is 2.24 bits per heavy atom. The SMILES string of the molecule is N#Cc1cn[nH]c1NS(=O)(=O)C1CCOCC1. The summed E-state index contributed by atoms with van der Waals surface area (Å²) in [7, 11) is -3.49. The molecule has 17 heavy (non-hydrogen) atoms. The molecule has 92 valence electrons. The lowest BCUT2D eigenvalue weighted by atomic mass is 10.2. The van der Waals surface area contributed by atoms with Crippen LogP contribution in [0.15, 0.2) is 6.20 Å². The predicted molar refractivity (Wildman–Crippen MR) is 59.7 cm³/mol. The maximum absolute atomic E-state index is 12.0. The van der Waals surface area contributed by atoms with Crippen LogP contribution in [0.3, 0.4) is 0 Å². The molecule has 1 aliphatic heterocycles. The zero-order chi connectivity index (χ0) is 12.3. The Kier molecular flexibility index (Phi) is 3.31. The van der Waals surface area contributed by atoms with E-state index in [2.05, 4.69) is 14.9 Å². The van der Waals surface area contributed by atoms with Crippen LogP contribution < -0.4 is 4.72 Å². The lowest BCUT2D eigenvalue weighted by molar-refractivity contribution is 0.0984. The summed E-state index contributed by atoms with van der Waals surface area (Å²) in [5.41, 5.74) is 0.181. The molecule has 0 bridgehead atoms. The molecule has 0 saturated carbocycles.